The molecule has 1 aromatic rings. The topological polar surface area (TPSA) is 119 Å². The van der Waals surface area contributed by atoms with Crippen molar-refractivity contribution >= 4 is 17.9 Å². The van der Waals surface area contributed by atoms with Gasteiger partial charge >= 0.3 is 17.9 Å². The lowest BCUT2D eigenvalue weighted by Gasteiger charge is -2.45. The van der Waals surface area contributed by atoms with Crippen LogP contribution >= 0.6 is 0 Å². The predicted octanol–water partition coefficient (Wildman–Crippen LogP) is 6.80. The quantitative estimate of drug-likeness (QED) is 0.171. The minimum Gasteiger partial charge on any atom is -0.504 e. The molecular formula is C35H50O8. The van der Waals surface area contributed by atoms with Crippen molar-refractivity contribution in [2.45, 2.75) is 130 Å². The lowest BCUT2D eigenvalue weighted by Crippen LogP contribution is -2.49. The zero-order chi connectivity index (χ0) is 31.5. The van der Waals surface area contributed by atoms with E-state index in [9.17, 15) is 24.6 Å². The summed E-state index contributed by atoms with van der Waals surface area (Å²) in [7, 11) is 0. The summed E-state index contributed by atoms with van der Waals surface area (Å²) in [6, 6.07) is 4.79. The Morgan fingerprint density at radius 2 is 1.70 bits per heavy atom. The second-order valence-electron chi connectivity index (χ2n) is 15.8. The van der Waals surface area contributed by atoms with E-state index >= 15 is 0 Å². The smallest absolute Gasteiger partial charge is 0.312 e. The summed E-state index contributed by atoms with van der Waals surface area (Å²) in [5.74, 6) is -1.23. The van der Waals surface area contributed by atoms with Crippen molar-refractivity contribution in [3.8, 4) is 11.5 Å². The monoisotopic (exact) mass is 598 g/mol. The average molecular weight is 599 g/mol. The molecule has 0 amide bonds. The van der Waals surface area contributed by atoms with Gasteiger partial charge in [-0.15, -0.1) is 0 Å². The molecule has 3 saturated carbocycles. The standard InChI is InChI=1S/C35H50O8/c1-8-20(21-11-12-25(36)26(37)17-21)18-34(7,31(40)43-35(32(2,3)4)13-9-10-14-35)19-33(5,6)30(39)42-27-22-15-23-24(16-22)29(38)41-28(23)27/h11-12,17,20,22-24,27-28,36-37H,8-10,13-16,18-19H2,1-7H3. The third kappa shape index (κ3) is 5.64. The van der Waals surface area contributed by atoms with Crippen LogP contribution in [0, 0.1) is 34.0 Å². The number of phenolic OH excluding ortho intramolecular Hbond substituents is 2. The highest BCUT2D eigenvalue weighted by Crippen LogP contribution is 2.56. The van der Waals surface area contributed by atoms with Gasteiger partial charge in [0.1, 0.15) is 17.8 Å². The van der Waals surface area contributed by atoms with Crippen molar-refractivity contribution in [3.63, 3.8) is 0 Å². The van der Waals surface area contributed by atoms with Crippen LogP contribution in [0.3, 0.4) is 0 Å². The van der Waals surface area contributed by atoms with E-state index in [2.05, 4.69) is 20.8 Å². The first-order valence-electron chi connectivity index (χ1n) is 16.2. The maximum absolute atomic E-state index is 14.4. The highest BCUT2D eigenvalue weighted by molar-refractivity contribution is 5.81. The van der Waals surface area contributed by atoms with Crippen LogP contribution < -0.4 is 0 Å². The van der Waals surface area contributed by atoms with Crippen LogP contribution in [0.25, 0.3) is 0 Å². The zero-order valence-electron chi connectivity index (χ0n) is 26.9. The third-order valence-corrected chi connectivity index (χ3v) is 11.3. The molecule has 1 saturated heterocycles. The molecule has 8 heteroatoms. The molecule has 0 spiro atoms. The Morgan fingerprint density at radius 1 is 1.02 bits per heavy atom. The summed E-state index contributed by atoms with van der Waals surface area (Å²) in [4.78, 5) is 40.6. The number of ether oxygens (including phenoxy) is 3. The third-order valence-electron chi connectivity index (χ3n) is 11.3. The number of esters is 3. The van der Waals surface area contributed by atoms with Gasteiger partial charge in [-0.05, 0) is 102 Å². The maximum Gasteiger partial charge on any atom is 0.312 e. The molecule has 4 aliphatic rings. The number of hydrogen-bond acceptors (Lipinski definition) is 8. The van der Waals surface area contributed by atoms with Gasteiger partial charge in [0.15, 0.2) is 11.5 Å². The number of carbonyl (C=O) groups is 3. The number of carbonyl (C=O) groups excluding carboxylic acids is 3. The Balaban J connectivity index is 1.41. The zero-order valence-corrected chi connectivity index (χ0v) is 26.9. The number of benzene rings is 1. The molecule has 1 aromatic carbocycles. The maximum atomic E-state index is 14.4. The molecule has 2 bridgehead atoms. The van der Waals surface area contributed by atoms with Gasteiger partial charge < -0.3 is 24.4 Å². The number of hydrogen-bond donors (Lipinski definition) is 2. The first kappa shape index (κ1) is 31.6. The molecule has 1 aliphatic heterocycles. The fraction of sp³-hybridized carbons (Fsp3) is 0.743. The summed E-state index contributed by atoms with van der Waals surface area (Å²) in [6.45, 7) is 13.9. The highest BCUT2D eigenvalue weighted by Gasteiger charge is 2.64. The summed E-state index contributed by atoms with van der Waals surface area (Å²) in [6.07, 6.45) is 5.62. The van der Waals surface area contributed by atoms with Gasteiger partial charge in [-0.3, -0.25) is 14.4 Å². The van der Waals surface area contributed by atoms with Crippen molar-refractivity contribution in [1.29, 1.82) is 0 Å². The van der Waals surface area contributed by atoms with Gasteiger partial charge in [-0.1, -0.05) is 33.8 Å². The van der Waals surface area contributed by atoms with Crippen molar-refractivity contribution in [2.24, 2.45) is 34.0 Å². The molecule has 1 heterocycles. The first-order valence-corrected chi connectivity index (χ1v) is 16.2. The van der Waals surface area contributed by atoms with E-state index in [1.807, 2.05) is 27.7 Å². The van der Waals surface area contributed by atoms with E-state index < -0.39 is 28.5 Å². The molecule has 7 unspecified atom stereocenters. The molecule has 2 N–H and O–H groups in total. The Hall–Kier alpha value is -2.77. The fourth-order valence-corrected chi connectivity index (χ4v) is 8.71. The largest absolute Gasteiger partial charge is 0.504 e. The van der Waals surface area contributed by atoms with Gasteiger partial charge in [-0.25, -0.2) is 0 Å². The van der Waals surface area contributed by atoms with Crippen LogP contribution in [0.15, 0.2) is 18.2 Å². The minimum atomic E-state index is -1.06. The lowest BCUT2D eigenvalue weighted by molar-refractivity contribution is -0.189. The molecule has 8 nitrogen and oxygen atoms in total. The van der Waals surface area contributed by atoms with E-state index in [-0.39, 0.29) is 65.0 Å². The molecule has 43 heavy (non-hydrogen) atoms. The fourth-order valence-electron chi connectivity index (χ4n) is 8.71. The summed E-state index contributed by atoms with van der Waals surface area (Å²) in [5.41, 5.74) is -2.11. The Morgan fingerprint density at radius 3 is 2.30 bits per heavy atom. The van der Waals surface area contributed by atoms with E-state index in [0.717, 1.165) is 37.7 Å². The number of rotatable bonds is 10. The van der Waals surface area contributed by atoms with Crippen LogP contribution in [-0.4, -0.2) is 45.9 Å². The Bertz CT molecular complexity index is 1250. The van der Waals surface area contributed by atoms with Crippen LogP contribution in [0.1, 0.15) is 118 Å². The van der Waals surface area contributed by atoms with Gasteiger partial charge in [0, 0.05) is 17.3 Å². The van der Waals surface area contributed by atoms with Crippen molar-refractivity contribution in [3.05, 3.63) is 23.8 Å². The number of phenols is 2. The Kier molecular flexibility index (Phi) is 8.09. The molecule has 7 atom stereocenters. The van der Waals surface area contributed by atoms with Gasteiger partial charge in [-0.2, -0.15) is 0 Å². The molecule has 0 radical (unpaired) electrons. The van der Waals surface area contributed by atoms with Crippen LogP contribution in [0.5, 0.6) is 11.5 Å². The minimum absolute atomic E-state index is 0.0629. The normalized spacial score (nSPS) is 29.7. The predicted molar refractivity (Wildman–Crippen MR) is 160 cm³/mol. The second-order valence-corrected chi connectivity index (χ2v) is 15.8. The SMILES string of the molecule is CCC(CC(C)(CC(C)(C)C(=O)OC1C2CC3C(=O)OC1C3C2)C(=O)OC1(C(C)(C)C)CCCC1)c1ccc(O)c(O)c1. The van der Waals surface area contributed by atoms with E-state index in [1.165, 1.54) is 6.07 Å². The molecule has 0 aromatic heterocycles. The highest BCUT2D eigenvalue weighted by atomic mass is 16.6. The van der Waals surface area contributed by atoms with Crippen LogP contribution in [0.4, 0.5) is 0 Å². The number of aromatic hydroxyl groups is 2. The molecule has 238 valence electrons. The average Bonchev–Trinajstić information content (AvgIpc) is 3.68. The summed E-state index contributed by atoms with van der Waals surface area (Å²) < 4.78 is 18.3. The Labute approximate surface area is 255 Å². The van der Waals surface area contributed by atoms with Crippen LogP contribution in [0.2, 0.25) is 0 Å². The van der Waals surface area contributed by atoms with Gasteiger partial charge in [0.25, 0.3) is 0 Å². The molecular weight excluding hydrogens is 548 g/mol. The van der Waals surface area contributed by atoms with Crippen LogP contribution in [-0.2, 0) is 28.6 Å². The second kappa shape index (κ2) is 11.0. The summed E-state index contributed by atoms with van der Waals surface area (Å²) >= 11 is 0. The number of fused-ring (bicyclic) bond motifs is 1. The van der Waals surface area contributed by atoms with Crippen molar-refractivity contribution in [2.75, 3.05) is 0 Å². The van der Waals surface area contributed by atoms with E-state index in [0.29, 0.717) is 19.3 Å². The van der Waals surface area contributed by atoms with Crippen molar-refractivity contribution < 1.29 is 38.8 Å². The molecule has 3 aliphatic carbocycles. The van der Waals surface area contributed by atoms with Gasteiger partial charge in [0.05, 0.1) is 16.7 Å². The van der Waals surface area contributed by atoms with E-state index in [1.54, 1.807) is 12.1 Å². The molecule has 4 fully saturated rings. The summed E-state index contributed by atoms with van der Waals surface area (Å²) in [5, 5.41) is 20.1. The van der Waals surface area contributed by atoms with E-state index in [4.69, 9.17) is 14.2 Å². The molecule has 5 rings (SSSR count). The van der Waals surface area contributed by atoms with Gasteiger partial charge in [0.2, 0.25) is 0 Å². The lowest BCUT2D eigenvalue weighted by atomic mass is 9.67. The van der Waals surface area contributed by atoms with Crippen molar-refractivity contribution in [1.82, 2.24) is 0 Å². The first-order chi connectivity index (χ1) is 20.0.